The maximum Gasteiger partial charge on any atom is 0.216 e. The third-order valence-electron chi connectivity index (χ3n) is 1.37. The molecule has 0 aliphatic carbocycles. The van der Waals surface area contributed by atoms with Crippen molar-refractivity contribution in [2.45, 2.75) is 13.3 Å². The Morgan fingerprint density at radius 3 is 3.00 bits per heavy atom. The first-order valence-corrected chi connectivity index (χ1v) is 3.77. The number of hydrogen-bond donors (Lipinski definition) is 1. The van der Waals surface area contributed by atoms with E-state index in [1.807, 2.05) is 7.05 Å². The van der Waals surface area contributed by atoms with E-state index in [2.05, 4.69) is 15.4 Å². The van der Waals surface area contributed by atoms with Crippen LogP contribution in [0.4, 0.5) is 0 Å². The van der Waals surface area contributed by atoms with Crippen molar-refractivity contribution in [3.8, 4) is 0 Å². The van der Waals surface area contributed by atoms with Crippen LogP contribution in [0.15, 0.2) is 6.33 Å². The average Bonchev–Trinajstić information content (AvgIpc) is 2.35. The van der Waals surface area contributed by atoms with Gasteiger partial charge in [-0.1, -0.05) is 0 Å². The Morgan fingerprint density at radius 2 is 2.50 bits per heavy atom. The van der Waals surface area contributed by atoms with Gasteiger partial charge in [-0.2, -0.15) is 5.10 Å². The molecule has 0 saturated heterocycles. The first-order valence-electron chi connectivity index (χ1n) is 3.77. The van der Waals surface area contributed by atoms with Crippen molar-refractivity contribution in [1.82, 2.24) is 20.1 Å². The normalized spacial score (nSPS) is 9.83. The fourth-order valence-electron chi connectivity index (χ4n) is 0.849. The number of carbonyl (C=O) groups excluding carboxylic acids is 1. The number of aromatic nitrogens is 3. The molecule has 1 aromatic rings. The Hall–Kier alpha value is -1.39. The van der Waals surface area contributed by atoms with Gasteiger partial charge in [-0.15, -0.1) is 0 Å². The number of amides is 1. The van der Waals surface area contributed by atoms with Crippen molar-refractivity contribution in [1.29, 1.82) is 0 Å². The summed E-state index contributed by atoms with van der Waals surface area (Å²) in [6.07, 6.45) is 2.32. The van der Waals surface area contributed by atoms with Crippen molar-refractivity contribution in [3.05, 3.63) is 12.2 Å². The zero-order chi connectivity index (χ0) is 8.97. The van der Waals surface area contributed by atoms with E-state index in [1.54, 1.807) is 11.0 Å². The van der Waals surface area contributed by atoms with Crippen LogP contribution < -0.4 is 5.32 Å². The van der Waals surface area contributed by atoms with Crippen LogP contribution in [0.25, 0.3) is 0 Å². The SMILES string of the molecule is CC(=O)NCCc1ncn(C)n1. The molecule has 0 aliphatic rings. The molecule has 0 spiro atoms. The molecule has 0 aromatic carbocycles. The van der Waals surface area contributed by atoms with Crippen LogP contribution in [0.3, 0.4) is 0 Å². The van der Waals surface area contributed by atoms with Gasteiger partial charge in [0.2, 0.25) is 5.91 Å². The van der Waals surface area contributed by atoms with E-state index in [1.165, 1.54) is 6.92 Å². The molecule has 1 heterocycles. The molecule has 1 rings (SSSR count). The van der Waals surface area contributed by atoms with Crippen molar-refractivity contribution in [3.63, 3.8) is 0 Å². The lowest BCUT2D eigenvalue weighted by Gasteiger charge is -1.96. The summed E-state index contributed by atoms with van der Waals surface area (Å²) in [5.41, 5.74) is 0. The molecule has 0 aliphatic heterocycles. The van der Waals surface area contributed by atoms with E-state index in [-0.39, 0.29) is 5.91 Å². The highest BCUT2D eigenvalue weighted by molar-refractivity contribution is 5.72. The lowest BCUT2D eigenvalue weighted by atomic mass is 10.4. The summed E-state index contributed by atoms with van der Waals surface area (Å²) < 4.78 is 1.64. The number of rotatable bonds is 3. The average molecular weight is 168 g/mol. The maximum atomic E-state index is 10.5. The van der Waals surface area contributed by atoms with E-state index in [9.17, 15) is 4.79 Å². The molecule has 0 bridgehead atoms. The lowest BCUT2D eigenvalue weighted by molar-refractivity contribution is -0.118. The summed E-state index contributed by atoms with van der Waals surface area (Å²) >= 11 is 0. The Labute approximate surface area is 70.8 Å². The molecular weight excluding hydrogens is 156 g/mol. The summed E-state index contributed by atoms with van der Waals surface area (Å²) in [6, 6.07) is 0. The highest BCUT2D eigenvalue weighted by Crippen LogP contribution is 1.87. The van der Waals surface area contributed by atoms with Crippen LogP contribution in [0.5, 0.6) is 0 Å². The first-order chi connectivity index (χ1) is 5.68. The van der Waals surface area contributed by atoms with Gasteiger partial charge >= 0.3 is 0 Å². The van der Waals surface area contributed by atoms with Gasteiger partial charge in [-0.25, -0.2) is 4.98 Å². The third kappa shape index (κ3) is 2.69. The van der Waals surface area contributed by atoms with Gasteiger partial charge in [0.05, 0.1) is 0 Å². The van der Waals surface area contributed by atoms with Crippen LogP contribution in [0, 0.1) is 0 Å². The molecule has 0 fully saturated rings. The van der Waals surface area contributed by atoms with Crippen LogP contribution in [0.1, 0.15) is 12.7 Å². The van der Waals surface area contributed by atoms with Gasteiger partial charge in [0.15, 0.2) is 5.82 Å². The zero-order valence-corrected chi connectivity index (χ0v) is 7.24. The molecule has 5 heteroatoms. The second-order valence-electron chi connectivity index (χ2n) is 2.57. The minimum absolute atomic E-state index is 0.0223. The Morgan fingerprint density at radius 1 is 1.75 bits per heavy atom. The van der Waals surface area contributed by atoms with Gasteiger partial charge in [0, 0.05) is 26.9 Å². The number of nitrogens with one attached hydrogen (secondary N) is 1. The molecular formula is C7H12N4O. The molecule has 0 unspecified atom stereocenters. The first kappa shape index (κ1) is 8.70. The number of nitrogens with zero attached hydrogens (tertiary/aromatic N) is 3. The van der Waals surface area contributed by atoms with E-state index in [4.69, 9.17) is 0 Å². The smallest absolute Gasteiger partial charge is 0.216 e. The van der Waals surface area contributed by atoms with E-state index < -0.39 is 0 Å². The minimum Gasteiger partial charge on any atom is -0.356 e. The van der Waals surface area contributed by atoms with Crippen molar-refractivity contribution in [2.24, 2.45) is 7.05 Å². The van der Waals surface area contributed by atoms with E-state index >= 15 is 0 Å². The summed E-state index contributed by atoms with van der Waals surface area (Å²) in [5.74, 6) is 0.734. The van der Waals surface area contributed by atoms with Crippen molar-refractivity contribution >= 4 is 5.91 Å². The second-order valence-corrected chi connectivity index (χ2v) is 2.57. The van der Waals surface area contributed by atoms with Gasteiger partial charge < -0.3 is 5.32 Å². The molecule has 1 amide bonds. The molecule has 0 saturated carbocycles. The topological polar surface area (TPSA) is 59.8 Å². The van der Waals surface area contributed by atoms with E-state index in [0.717, 1.165) is 5.82 Å². The van der Waals surface area contributed by atoms with Crippen molar-refractivity contribution in [2.75, 3.05) is 6.54 Å². The molecule has 1 N–H and O–H groups in total. The predicted octanol–water partition coefficient (Wildman–Crippen LogP) is -0.506. The minimum atomic E-state index is -0.0223. The molecule has 66 valence electrons. The molecule has 0 atom stereocenters. The Bertz CT molecular complexity index is 268. The monoisotopic (exact) mass is 168 g/mol. The fourth-order valence-corrected chi connectivity index (χ4v) is 0.849. The molecule has 5 nitrogen and oxygen atoms in total. The van der Waals surface area contributed by atoms with E-state index in [0.29, 0.717) is 13.0 Å². The maximum absolute atomic E-state index is 10.5. The molecule has 0 radical (unpaired) electrons. The van der Waals surface area contributed by atoms with Crippen LogP contribution in [-0.2, 0) is 18.3 Å². The number of carbonyl (C=O) groups is 1. The fraction of sp³-hybridized carbons (Fsp3) is 0.571. The predicted molar refractivity (Wildman–Crippen MR) is 43.4 cm³/mol. The highest BCUT2D eigenvalue weighted by atomic mass is 16.1. The second kappa shape index (κ2) is 3.85. The van der Waals surface area contributed by atoms with Crippen LogP contribution >= 0.6 is 0 Å². The summed E-state index contributed by atoms with van der Waals surface area (Å²) in [5, 5.41) is 6.74. The highest BCUT2D eigenvalue weighted by Gasteiger charge is 1.97. The lowest BCUT2D eigenvalue weighted by Crippen LogP contribution is -2.22. The van der Waals surface area contributed by atoms with Gasteiger partial charge in [0.1, 0.15) is 6.33 Å². The Balaban J connectivity index is 2.29. The van der Waals surface area contributed by atoms with Gasteiger partial charge in [-0.3, -0.25) is 9.48 Å². The number of hydrogen-bond acceptors (Lipinski definition) is 3. The van der Waals surface area contributed by atoms with Crippen LogP contribution in [-0.4, -0.2) is 27.2 Å². The number of aryl methyl sites for hydroxylation is 1. The third-order valence-corrected chi connectivity index (χ3v) is 1.37. The van der Waals surface area contributed by atoms with Crippen molar-refractivity contribution < 1.29 is 4.79 Å². The van der Waals surface area contributed by atoms with Crippen LogP contribution in [0.2, 0.25) is 0 Å². The zero-order valence-electron chi connectivity index (χ0n) is 7.24. The largest absolute Gasteiger partial charge is 0.356 e. The molecule has 12 heavy (non-hydrogen) atoms. The van der Waals surface area contributed by atoms with Gasteiger partial charge in [0.25, 0.3) is 0 Å². The van der Waals surface area contributed by atoms with Gasteiger partial charge in [-0.05, 0) is 0 Å². The molecule has 1 aromatic heterocycles. The summed E-state index contributed by atoms with van der Waals surface area (Å²) in [6.45, 7) is 2.09. The standard InChI is InChI=1S/C7H12N4O/c1-6(12)8-4-3-7-9-5-11(2)10-7/h5H,3-4H2,1-2H3,(H,8,12). The Kier molecular flexibility index (Phi) is 2.79. The summed E-state index contributed by atoms with van der Waals surface area (Å²) in [4.78, 5) is 14.5. The summed E-state index contributed by atoms with van der Waals surface area (Å²) in [7, 11) is 1.81. The quantitative estimate of drug-likeness (QED) is 0.661.